The lowest BCUT2D eigenvalue weighted by Crippen LogP contribution is -2.15. The number of aromatic nitrogens is 1. The monoisotopic (exact) mass is 472 g/mol. The van der Waals surface area contributed by atoms with Crippen LogP contribution >= 0.6 is 50.7 Å². The lowest BCUT2D eigenvalue weighted by molar-refractivity contribution is 0.0964. The number of halogens is 4. The SMILES string of the molecule is CN(C)CCc1cn(C(=O)c2ccccc2Br)c2c(Cl)cc(Cl)c(Cl)c12. The molecule has 136 valence electrons. The van der Waals surface area contributed by atoms with Crippen molar-refractivity contribution in [2.75, 3.05) is 20.6 Å². The number of nitrogens with zero attached hydrogens (tertiary/aromatic N) is 2. The van der Waals surface area contributed by atoms with Gasteiger partial charge in [-0.05, 0) is 60.2 Å². The van der Waals surface area contributed by atoms with E-state index in [0.717, 1.165) is 28.4 Å². The van der Waals surface area contributed by atoms with E-state index in [2.05, 4.69) is 20.8 Å². The fourth-order valence-corrected chi connectivity index (χ4v) is 4.13. The summed E-state index contributed by atoms with van der Waals surface area (Å²) in [6.45, 7) is 0.808. The zero-order chi connectivity index (χ0) is 19.0. The zero-order valence-corrected chi connectivity index (χ0v) is 18.0. The van der Waals surface area contributed by atoms with Gasteiger partial charge in [-0.25, -0.2) is 0 Å². The third-order valence-corrected chi connectivity index (χ3v) is 5.91. The third kappa shape index (κ3) is 3.67. The Hall–Kier alpha value is -1.04. The minimum absolute atomic E-state index is 0.182. The standard InChI is InChI=1S/C19H16BrCl3N2O/c1-24(2)8-7-11-10-25(19(26)12-5-3-4-6-13(12)20)18-15(22)9-14(21)17(23)16(11)18/h3-6,9-10H,7-8H2,1-2H3. The number of benzene rings is 2. The third-order valence-electron chi connectivity index (χ3n) is 4.14. The Morgan fingerprint density at radius 2 is 1.85 bits per heavy atom. The van der Waals surface area contributed by atoms with E-state index < -0.39 is 0 Å². The molecule has 0 aliphatic heterocycles. The second-order valence-corrected chi connectivity index (χ2v) is 8.29. The van der Waals surface area contributed by atoms with Gasteiger partial charge >= 0.3 is 0 Å². The van der Waals surface area contributed by atoms with Crippen molar-refractivity contribution in [3.8, 4) is 0 Å². The fourth-order valence-electron chi connectivity index (χ4n) is 2.86. The number of likely N-dealkylation sites (N-methyl/N-ethyl adjacent to an activating group) is 1. The van der Waals surface area contributed by atoms with E-state index >= 15 is 0 Å². The van der Waals surface area contributed by atoms with Crippen LogP contribution in [-0.4, -0.2) is 36.0 Å². The molecule has 3 nitrogen and oxygen atoms in total. The van der Waals surface area contributed by atoms with Gasteiger partial charge in [-0.1, -0.05) is 46.9 Å². The molecule has 7 heteroatoms. The Kier molecular flexibility index (Phi) is 6.00. The lowest BCUT2D eigenvalue weighted by atomic mass is 10.1. The Morgan fingerprint density at radius 1 is 1.15 bits per heavy atom. The predicted octanol–water partition coefficient (Wildman–Crippen LogP) is 6.16. The number of hydrogen-bond donors (Lipinski definition) is 0. The molecule has 0 aliphatic carbocycles. The molecule has 0 unspecified atom stereocenters. The van der Waals surface area contributed by atoms with Crippen LogP contribution in [0.1, 0.15) is 15.9 Å². The summed E-state index contributed by atoms with van der Waals surface area (Å²) in [5, 5.41) is 1.91. The molecule has 0 N–H and O–H groups in total. The first-order valence-corrected chi connectivity index (χ1v) is 9.85. The Bertz CT molecular complexity index is 998. The van der Waals surface area contributed by atoms with Crippen molar-refractivity contribution in [2.24, 2.45) is 0 Å². The van der Waals surface area contributed by atoms with E-state index in [9.17, 15) is 4.79 Å². The van der Waals surface area contributed by atoms with Gasteiger partial charge < -0.3 is 4.90 Å². The second kappa shape index (κ2) is 7.91. The number of fused-ring (bicyclic) bond motifs is 1. The number of carbonyl (C=O) groups is 1. The van der Waals surface area contributed by atoms with Crippen molar-refractivity contribution < 1.29 is 4.79 Å². The van der Waals surface area contributed by atoms with E-state index in [0.29, 0.717) is 26.1 Å². The molecule has 0 atom stereocenters. The van der Waals surface area contributed by atoms with Crippen molar-refractivity contribution in [3.63, 3.8) is 0 Å². The van der Waals surface area contributed by atoms with E-state index in [1.807, 2.05) is 38.5 Å². The van der Waals surface area contributed by atoms with Crippen LogP contribution in [0.15, 0.2) is 41.0 Å². The highest BCUT2D eigenvalue weighted by molar-refractivity contribution is 9.10. The summed E-state index contributed by atoms with van der Waals surface area (Å²) in [6, 6.07) is 8.86. The maximum absolute atomic E-state index is 13.2. The molecule has 2 aromatic carbocycles. The Balaban J connectivity index is 2.24. The Morgan fingerprint density at radius 3 is 2.50 bits per heavy atom. The summed E-state index contributed by atoms with van der Waals surface area (Å²) in [5.74, 6) is -0.182. The molecule has 0 saturated carbocycles. The molecule has 1 heterocycles. The largest absolute Gasteiger partial charge is 0.309 e. The second-order valence-electron chi connectivity index (χ2n) is 6.24. The quantitative estimate of drug-likeness (QED) is 0.424. The van der Waals surface area contributed by atoms with Crippen molar-refractivity contribution in [2.45, 2.75) is 6.42 Å². The van der Waals surface area contributed by atoms with Gasteiger partial charge in [0.05, 0.1) is 26.1 Å². The maximum atomic E-state index is 13.2. The van der Waals surface area contributed by atoms with E-state index in [-0.39, 0.29) is 5.91 Å². The molecule has 0 radical (unpaired) electrons. The predicted molar refractivity (Wildman–Crippen MR) is 113 cm³/mol. The van der Waals surface area contributed by atoms with Gasteiger partial charge in [0.1, 0.15) is 0 Å². The molecule has 26 heavy (non-hydrogen) atoms. The highest BCUT2D eigenvalue weighted by Gasteiger charge is 2.22. The first-order valence-electron chi connectivity index (χ1n) is 7.92. The fraction of sp³-hybridized carbons (Fsp3) is 0.211. The maximum Gasteiger partial charge on any atom is 0.263 e. The minimum atomic E-state index is -0.182. The molecule has 3 aromatic rings. The topological polar surface area (TPSA) is 25.2 Å². The van der Waals surface area contributed by atoms with Crippen LogP contribution in [0.4, 0.5) is 0 Å². The smallest absolute Gasteiger partial charge is 0.263 e. The van der Waals surface area contributed by atoms with Gasteiger partial charge in [-0.3, -0.25) is 9.36 Å². The van der Waals surface area contributed by atoms with Crippen molar-refractivity contribution in [1.29, 1.82) is 0 Å². The highest BCUT2D eigenvalue weighted by Crippen LogP contribution is 2.39. The molecule has 0 aliphatic rings. The molecule has 0 spiro atoms. The normalized spacial score (nSPS) is 11.5. The summed E-state index contributed by atoms with van der Waals surface area (Å²) >= 11 is 22.6. The lowest BCUT2D eigenvalue weighted by Gasteiger charge is -2.09. The van der Waals surface area contributed by atoms with Crippen LogP contribution in [0.25, 0.3) is 10.9 Å². The molecule has 0 amide bonds. The summed E-state index contributed by atoms with van der Waals surface area (Å²) < 4.78 is 2.28. The molecule has 0 fully saturated rings. The van der Waals surface area contributed by atoms with Gasteiger partial charge in [0.25, 0.3) is 5.91 Å². The van der Waals surface area contributed by atoms with Crippen LogP contribution in [0.3, 0.4) is 0 Å². The van der Waals surface area contributed by atoms with E-state index in [1.54, 1.807) is 16.7 Å². The first-order chi connectivity index (χ1) is 12.3. The average molecular weight is 475 g/mol. The number of carbonyl (C=O) groups excluding carboxylic acids is 1. The van der Waals surface area contributed by atoms with E-state index in [1.165, 1.54) is 0 Å². The van der Waals surface area contributed by atoms with Crippen molar-refractivity contribution in [3.05, 3.63) is 67.2 Å². The minimum Gasteiger partial charge on any atom is -0.309 e. The number of rotatable bonds is 4. The van der Waals surface area contributed by atoms with Crippen LogP contribution < -0.4 is 0 Å². The van der Waals surface area contributed by atoms with E-state index in [4.69, 9.17) is 34.8 Å². The summed E-state index contributed by atoms with van der Waals surface area (Å²) in [5.41, 5.74) is 2.06. The van der Waals surface area contributed by atoms with Crippen LogP contribution in [0.2, 0.25) is 15.1 Å². The van der Waals surface area contributed by atoms with Gasteiger partial charge in [-0.2, -0.15) is 0 Å². The first kappa shape index (κ1) is 19.7. The zero-order valence-electron chi connectivity index (χ0n) is 14.2. The summed E-state index contributed by atoms with van der Waals surface area (Å²) in [7, 11) is 3.99. The molecular formula is C19H16BrCl3N2O. The molecule has 3 rings (SSSR count). The van der Waals surface area contributed by atoms with Crippen LogP contribution in [0, 0.1) is 0 Å². The molecule has 1 aromatic heterocycles. The van der Waals surface area contributed by atoms with Gasteiger partial charge in [0.2, 0.25) is 0 Å². The summed E-state index contributed by atoms with van der Waals surface area (Å²) in [4.78, 5) is 15.2. The Labute approximate surface area is 175 Å². The van der Waals surface area contributed by atoms with Gasteiger partial charge in [0.15, 0.2) is 0 Å². The van der Waals surface area contributed by atoms with Crippen molar-refractivity contribution in [1.82, 2.24) is 9.47 Å². The average Bonchev–Trinajstić information content (AvgIpc) is 2.98. The van der Waals surface area contributed by atoms with Gasteiger partial charge in [0, 0.05) is 22.6 Å². The highest BCUT2D eigenvalue weighted by atomic mass is 79.9. The molecule has 0 saturated heterocycles. The number of hydrogen-bond acceptors (Lipinski definition) is 2. The van der Waals surface area contributed by atoms with Crippen LogP contribution in [0.5, 0.6) is 0 Å². The van der Waals surface area contributed by atoms with Crippen molar-refractivity contribution >= 4 is 67.5 Å². The summed E-state index contributed by atoms with van der Waals surface area (Å²) in [6.07, 6.45) is 2.53. The molecule has 0 bridgehead atoms. The molecular weight excluding hydrogens is 458 g/mol. The van der Waals surface area contributed by atoms with Gasteiger partial charge in [-0.15, -0.1) is 0 Å². The van der Waals surface area contributed by atoms with Crippen LogP contribution in [-0.2, 0) is 6.42 Å².